The third-order valence-corrected chi connectivity index (χ3v) is 25.9. The van der Waals surface area contributed by atoms with Crippen LogP contribution in [0.3, 0.4) is 0 Å². The zero-order valence-electron chi connectivity index (χ0n) is 71.4. The van der Waals surface area contributed by atoms with Gasteiger partial charge in [-0.2, -0.15) is 9.97 Å². The Balaban J connectivity index is 0.000000107. The van der Waals surface area contributed by atoms with Crippen molar-refractivity contribution in [2.45, 2.75) is 0 Å². The van der Waals surface area contributed by atoms with E-state index in [0.29, 0.717) is 17.6 Å². The van der Waals surface area contributed by atoms with Gasteiger partial charge in [-0.05, 0) is 214 Å². The number of rotatable bonds is 12. The highest BCUT2D eigenvalue weighted by Crippen LogP contribution is 2.44. The first-order chi connectivity index (χ1) is 65.5. The number of aromatic nitrogens is 12. The summed E-state index contributed by atoms with van der Waals surface area (Å²) in [4.78, 5) is 28.5. The molecule has 27 rings (SSSR count). The van der Waals surface area contributed by atoms with Gasteiger partial charge >= 0.3 is 0 Å². The van der Waals surface area contributed by atoms with Gasteiger partial charge in [0.2, 0.25) is 5.95 Å². The Morgan fingerprint density at radius 1 is 0.136 bits per heavy atom. The molecule has 0 saturated heterocycles. The molecule has 12 nitrogen and oxygen atoms in total. The van der Waals surface area contributed by atoms with Crippen molar-refractivity contribution < 1.29 is 0 Å². The Kier molecular flexibility index (Phi) is 18.6. The Morgan fingerprint density at radius 2 is 0.371 bits per heavy atom. The van der Waals surface area contributed by atoms with Crippen LogP contribution >= 0.6 is 0 Å². The number of fused-ring (bicyclic) bond motifs is 18. The Morgan fingerprint density at radius 3 is 0.727 bits per heavy atom. The number of para-hydroxylation sites is 7. The van der Waals surface area contributed by atoms with Crippen molar-refractivity contribution in [2.75, 3.05) is 0 Å². The molecule has 17 aromatic carbocycles. The summed E-state index contributed by atoms with van der Waals surface area (Å²) in [6, 6.07) is 155. The fraction of sp³-hybridized carbons (Fsp3) is 0. The highest BCUT2D eigenvalue weighted by atomic mass is 15.2. The highest BCUT2D eigenvalue weighted by molar-refractivity contribution is 6.17. The van der Waals surface area contributed by atoms with Crippen molar-refractivity contribution in [3.05, 3.63) is 474 Å². The van der Waals surface area contributed by atoms with Crippen LogP contribution in [0.4, 0.5) is 0 Å². The first-order valence-electron chi connectivity index (χ1n) is 44.5. The lowest BCUT2D eigenvalue weighted by Crippen LogP contribution is -2.06. The van der Waals surface area contributed by atoms with E-state index in [1.54, 1.807) is 0 Å². The molecule has 0 atom stereocenters. The normalized spacial score (nSPS) is 11.6. The average Bonchev–Trinajstić information content (AvgIpc) is 1.58. The third kappa shape index (κ3) is 13.1. The molecule has 0 amide bonds. The van der Waals surface area contributed by atoms with E-state index in [1.165, 1.54) is 126 Å². The minimum atomic E-state index is 0.584. The summed E-state index contributed by atoms with van der Waals surface area (Å²) in [6.45, 7) is 0. The molecule has 0 fully saturated rings. The second-order valence-electron chi connectivity index (χ2n) is 33.4. The van der Waals surface area contributed by atoms with E-state index in [-0.39, 0.29) is 0 Å². The summed E-state index contributed by atoms with van der Waals surface area (Å²) in [5.74, 6) is 1.85. The lowest BCUT2D eigenvalue weighted by molar-refractivity contribution is 0.953. The Bertz CT molecular complexity index is 8900. The minimum Gasteiger partial charge on any atom is -0.309 e. The van der Waals surface area contributed by atoms with Gasteiger partial charge in [0.15, 0.2) is 11.6 Å². The van der Waals surface area contributed by atoms with Crippen LogP contribution in [0.1, 0.15) is 0 Å². The molecule has 0 spiro atoms. The van der Waals surface area contributed by atoms with Gasteiger partial charge in [0.05, 0.1) is 78.6 Å². The molecule has 0 unspecified atom stereocenters. The maximum atomic E-state index is 5.08. The molecule has 0 aliphatic carbocycles. The summed E-state index contributed by atoms with van der Waals surface area (Å²) < 4.78 is 13.8. The summed E-state index contributed by atoms with van der Waals surface area (Å²) in [5, 5.41) is 14.5. The lowest BCUT2D eigenvalue weighted by Gasteiger charge is -2.11. The van der Waals surface area contributed by atoms with E-state index >= 15 is 0 Å². The fourth-order valence-electron chi connectivity index (χ4n) is 19.8. The molecule has 0 N–H and O–H groups in total. The van der Waals surface area contributed by atoms with E-state index in [2.05, 4.69) is 412 Å². The SMILES string of the molecule is c1ccc(-c2ccc(-n3c4ccccc4c4cc(-c5ccc6c(c5)c5ccncc5n6-c5ccccc5)ccc43)cc2)cc1.c1ccc(-c2nc(-c3ccccc3)nc(-n3c4ccccc4c4cc(-c5ccc6c(c5)c5ccncc5n6-c5ccccc5)ccc43)n2)cc1.c1ccc(-n2c3ccccc3c3cc(-c4ccc5c(c4)c4cnccc4n5-c4ccccc4)ccc32)cc1. The van der Waals surface area contributed by atoms with E-state index < -0.39 is 0 Å². The molecular weight excluding hydrogens is 1610 g/mol. The van der Waals surface area contributed by atoms with Crippen LogP contribution in [0.2, 0.25) is 0 Å². The molecule has 132 heavy (non-hydrogen) atoms. The van der Waals surface area contributed by atoms with Gasteiger partial charge in [0.25, 0.3) is 0 Å². The van der Waals surface area contributed by atoms with Crippen molar-refractivity contribution >= 4 is 131 Å². The van der Waals surface area contributed by atoms with Crippen LogP contribution in [0.25, 0.3) is 233 Å². The first kappa shape index (κ1) is 76.4. The summed E-state index contributed by atoms with van der Waals surface area (Å²) in [6.07, 6.45) is 11.5. The highest BCUT2D eigenvalue weighted by Gasteiger charge is 2.24. The standard InChI is InChI=1S/C44H28N6.C41H27N3.C35H23N3/c1-4-12-29(13-5-1)42-46-43(30-14-6-2-7-15-30)48-44(47-42)50-38-19-11-10-18-34(38)36-26-32(21-23-40(36)50)31-20-22-39-37(27-31)35-24-25-45-28-41(35)49(39)33-16-8-3-9-17-33;1-3-9-28(10-4-1)29-15-19-33(20-16-29)43-38-14-8-7-13-34(38)36-25-30(17-21-39(36)43)31-18-22-40-37(26-31)35-23-24-42-27-41(35)44(40)32-11-5-2-6-12-32;1-3-9-26(10-4-1)37-32-14-8-7-13-28(32)29-21-24(15-17-33(29)37)25-16-18-34-30(22-25)31-23-36-20-19-35(31)38(34)27-11-5-2-6-12-27/h1-28H;1-27H;1-23H. The van der Waals surface area contributed by atoms with Gasteiger partial charge in [-0.25, -0.2) is 4.98 Å². The average molecular weight is 1690 g/mol. The van der Waals surface area contributed by atoms with Crippen LogP contribution in [0.5, 0.6) is 0 Å². The largest absolute Gasteiger partial charge is 0.309 e. The van der Waals surface area contributed by atoms with Crippen LogP contribution in [-0.4, -0.2) is 57.3 Å². The number of benzene rings is 17. The van der Waals surface area contributed by atoms with Crippen LogP contribution < -0.4 is 0 Å². The molecule has 0 saturated carbocycles. The minimum absolute atomic E-state index is 0.584. The zero-order chi connectivity index (χ0) is 87.1. The molecule has 10 heterocycles. The number of nitrogens with zero attached hydrogens (tertiary/aromatic N) is 12. The fourth-order valence-corrected chi connectivity index (χ4v) is 19.8. The Hall–Kier alpha value is -18.0. The third-order valence-electron chi connectivity index (χ3n) is 25.9. The molecule has 0 bridgehead atoms. The molecular formula is C120H78N12. The second-order valence-corrected chi connectivity index (χ2v) is 33.4. The molecule has 10 aromatic heterocycles. The summed E-state index contributed by atoms with van der Waals surface area (Å²) in [5.41, 5.74) is 31.0. The molecule has 12 heteroatoms. The quantitative estimate of drug-likeness (QED) is 0.121. The van der Waals surface area contributed by atoms with Crippen LogP contribution in [0, 0.1) is 0 Å². The molecule has 0 aliphatic rings. The van der Waals surface area contributed by atoms with Gasteiger partial charge in [-0.1, -0.05) is 267 Å². The monoisotopic (exact) mass is 1690 g/mol. The topological polar surface area (TPSA) is 107 Å². The summed E-state index contributed by atoms with van der Waals surface area (Å²) >= 11 is 0. The summed E-state index contributed by atoms with van der Waals surface area (Å²) in [7, 11) is 0. The van der Waals surface area contributed by atoms with Crippen molar-refractivity contribution in [1.82, 2.24) is 57.3 Å². The van der Waals surface area contributed by atoms with Crippen molar-refractivity contribution in [3.63, 3.8) is 0 Å². The van der Waals surface area contributed by atoms with Crippen LogP contribution in [-0.2, 0) is 0 Å². The lowest BCUT2D eigenvalue weighted by atomic mass is 10.0. The predicted molar refractivity (Wildman–Crippen MR) is 545 cm³/mol. The van der Waals surface area contributed by atoms with Gasteiger partial charge in [-0.3, -0.25) is 19.5 Å². The molecule has 618 valence electrons. The first-order valence-corrected chi connectivity index (χ1v) is 44.5. The molecule has 0 aliphatic heterocycles. The van der Waals surface area contributed by atoms with E-state index in [4.69, 9.17) is 15.0 Å². The second kappa shape index (κ2) is 32.1. The van der Waals surface area contributed by atoms with E-state index in [1.807, 2.05) is 104 Å². The van der Waals surface area contributed by atoms with Crippen LogP contribution in [0.15, 0.2) is 474 Å². The molecule has 27 aromatic rings. The zero-order valence-corrected chi connectivity index (χ0v) is 71.4. The van der Waals surface area contributed by atoms with Gasteiger partial charge in [0, 0.05) is 129 Å². The molecule has 0 radical (unpaired) electrons. The number of hydrogen-bond acceptors (Lipinski definition) is 6. The Labute approximate surface area is 758 Å². The van der Waals surface area contributed by atoms with Gasteiger partial charge < -0.3 is 22.8 Å². The van der Waals surface area contributed by atoms with Crippen molar-refractivity contribution in [1.29, 1.82) is 0 Å². The van der Waals surface area contributed by atoms with Crippen molar-refractivity contribution in [2.24, 2.45) is 0 Å². The maximum absolute atomic E-state index is 5.08. The number of pyridine rings is 3. The van der Waals surface area contributed by atoms with Gasteiger partial charge in [0.1, 0.15) is 0 Å². The van der Waals surface area contributed by atoms with E-state index in [9.17, 15) is 0 Å². The predicted octanol–water partition coefficient (Wildman–Crippen LogP) is 30.0. The maximum Gasteiger partial charge on any atom is 0.238 e. The van der Waals surface area contributed by atoms with E-state index in [0.717, 1.165) is 88.7 Å². The number of hydrogen-bond donors (Lipinski definition) is 0. The smallest absolute Gasteiger partial charge is 0.238 e. The van der Waals surface area contributed by atoms with Gasteiger partial charge in [-0.15, -0.1) is 0 Å². The van der Waals surface area contributed by atoms with Crippen molar-refractivity contribution in [3.8, 4) is 102 Å².